The van der Waals surface area contributed by atoms with E-state index in [1.807, 2.05) is 73.0 Å². The van der Waals surface area contributed by atoms with E-state index in [1.54, 1.807) is 4.90 Å². The van der Waals surface area contributed by atoms with Crippen molar-refractivity contribution in [2.45, 2.75) is 115 Å². The van der Waals surface area contributed by atoms with Crippen LogP contribution in [0.2, 0.25) is 0 Å². The highest BCUT2D eigenvalue weighted by molar-refractivity contribution is 7.90. The van der Waals surface area contributed by atoms with Crippen LogP contribution < -0.4 is 14.8 Å². The van der Waals surface area contributed by atoms with E-state index >= 15 is 0 Å². The van der Waals surface area contributed by atoms with Crippen LogP contribution >= 0.6 is 11.3 Å². The average molecular weight is 824 g/mol. The first-order valence-electron chi connectivity index (χ1n) is 20.8. The molecule has 306 valence electrons. The largest absolute Gasteiger partial charge is 0.488 e. The number of pyridine rings is 1. The van der Waals surface area contributed by atoms with Crippen LogP contribution in [0.15, 0.2) is 72.1 Å². The van der Waals surface area contributed by atoms with Crippen molar-refractivity contribution in [1.29, 1.82) is 0 Å². The van der Waals surface area contributed by atoms with E-state index in [9.17, 15) is 22.8 Å². The number of nitrogens with zero attached hydrogens (tertiary/aromatic N) is 3. The fourth-order valence-electron chi connectivity index (χ4n) is 8.64. The molecule has 4 aliphatic rings. The molecule has 2 amide bonds. The smallest absolute Gasteiger partial charge is 0.240 e. The van der Waals surface area contributed by atoms with Gasteiger partial charge >= 0.3 is 0 Å². The Hall–Kier alpha value is -4.62. The van der Waals surface area contributed by atoms with E-state index in [-0.39, 0.29) is 49.0 Å². The van der Waals surface area contributed by atoms with Crippen molar-refractivity contribution in [2.24, 2.45) is 17.3 Å². The van der Waals surface area contributed by atoms with Crippen LogP contribution in [-0.4, -0.2) is 70.9 Å². The van der Waals surface area contributed by atoms with Crippen molar-refractivity contribution in [3.63, 3.8) is 0 Å². The van der Waals surface area contributed by atoms with Crippen molar-refractivity contribution in [2.75, 3.05) is 11.9 Å². The molecule has 0 bridgehead atoms. The fraction of sp³-hybridized carbons (Fsp3) is 0.489. The summed E-state index contributed by atoms with van der Waals surface area (Å²) in [6, 6.07) is 17.3. The number of carbonyl (C=O) groups is 3. The Labute approximate surface area is 345 Å². The van der Waals surface area contributed by atoms with Gasteiger partial charge in [-0.3, -0.25) is 19.1 Å². The van der Waals surface area contributed by atoms with Gasteiger partial charge in [0.2, 0.25) is 21.8 Å². The summed E-state index contributed by atoms with van der Waals surface area (Å²) in [7, 11) is -3.82. The number of aryl methyl sites for hydroxylation is 1. The van der Waals surface area contributed by atoms with Crippen LogP contribution in [0.3, 0.4) is 0 Å². The predicted octanol–water partition coefficient (Wildman–Crippen LogP) is 7.79. The predicted molar refractivity (Wildman–Crippen MR) is 227 cm³/mol. The van der Waals surface area contributed by atoms with Crippen LogP contribution in [0.25, 0.3) is 22.3 Å². The summed E-state index contributed by atoms with van der Waals surface area (Å²) in [5, 5.41) is 6.38. The summed E-state index contributed by atoms with van der Waals surface area (Å²) in [6.45, 7) is 6.34. The molecular weight excluding hydrogens is 771 g/mol. The minimum atomic E-state index is -3.82. The molecule has 0 radical (unpaired) electrons. The molecule has 0 unspecified atom stereocenters. The number of nitrogens with one attached hydrogen (secondary N) is 2. The van der Waals surface area contributed by atoms with E-state index in [2.05, 4.69) is 30.0 Å². The van der Waals surface area contributed by atoms with Gasteiger partial charge in [-0.05, 0) is 94.9 Å². The lowest BCUT2D eigenvalue weighted by molar-refractivity contribution is -0.142. The molecule has 4 heterocycles. The molecule has 2 aliphatic carbocycles. The zero-order valence-corrected chi connectivity index (χ0v) is 35.1. The third-order valence-corrected chi connectivity index (χ3v) is 14.6. The number of hydrogen-bond donors (Lipinski definition) is 2. The number of benzene rings is 2. The number of anilines is 1. The normalized spacial score (nSPS) is 26.0. The molecule has 11 nitrogen and oxygen atoms in total. The molecule has 0 spiro atoms. The van der Waals surface area contributed by atoms with Crippen LogP contribution in [0, 0.1) is 24.2 Å². The van der Waals surface area contributed by atoms with E-state index in [1.165, 1.54) is 11.3 Å². The van der Waals surface area contributed by atoms with Gasteiger partial charge in [-0.15, -0.1) is 11.3 Å². The second kappa shape index (κ2) is 16.6. The van der Waals surface area contributed by atoms with Crippen LogP contribution in [0.4, 0.5) is 5.13 Å². The molecule has 58 heavy (non-hydrogen) atoms. The molecule has 8 rings (SSSR count). The third-order valence-electron chi connectivity index (χ3n) is 12.1. The monoisotopic (exact) mass is 823 g/mol. The van der Waals surface area contributed by atoms with Crippen LogP contribution in [0.5, 0.6) is 5.75 Å². The lowest BCUT2D eigenvalue weighted by atomic mass is 9.90. The number of amides is 2. The van der Waals surface area contributed by atoms with Crippen molar-refractivity contribution < 1.29 is 27.5 Å². The molecule has 2 aliphatic heterocycles. The summed E-state index contributed by atoms with van der Waals surface area (Å²) in [6.07, 6.45) is 9.85. The molecule has 4 aromatic rings. The maximum atomic E-state index is 14.9. The third kappa shape index (κ3) is 8.85. The minimum Gasteiger partial charge on any atom is -0.488 e. The SMILES string of the molecule is Cc1ccc2c(O[C@@H]3C[C@H]4C(=O)C[C@]5(C(=O)NS(=O)(=O)C6CC6)C[C@@H]5/C=C\CCCCC[C@H](Cc5ccccc5)C(=O)N4C3)cc(-c3csc(NC(C)C)n3)nc2c1. The Morgan fingerprint density at radius 3 is 2.60 bits per heavy atom. The van der Waals surface area contributed by atoms with Gasteiger partial charge in [0, 0.05) is 41.6 Å². The number of carbonyl (C=O) groups excluding carboxylic acids is 3. The average Bonchev–Trinajstić information content (AvgIpc) is 4.07. The zero-order chi connectivity index (χ0) is 40.6. The molecular formula is C45H53N5O6S2. The van der Waals surface area contributed by atoms with Crippen LogP contribution in [0.1, 0.15) is 89.2 Å². The van der Waals surface area contributed by atoms with Crippen LogP contribution in [-0.2, 0) is 30.8 Å². The van der Waals surface area contributed by atoms with Gasteiger partial charge in [0.05, 0.1) is 34.5 Å². The maximum absolute atomic E-state index is 14.9. The number of thiazole rings is 1. The Morgan fingerprint density at radius 1 is 1.02 bits per heavy atom. The highest BCUT2D eigenvalue weighted by Gasteiger charge is 2.61. The van der Waals surface area contributed by atoms with Crippen molar-refractivity contribution in [3.05, 3.63) is 83.3 Å². The number of sulfonamides is 1. The summed E-state index contributed by atoms with van der Waals surface area (Å²) < 4.78 is 35.2. The van der Waals surface area contributed by atoms with Crippen molar-refractivity contribution in [1.82, 2.24) is 19.6 Å². The van der Waals surface area contributed by atoms with Gasteiger partial charge in [0.1, 0.15) is 17.5 Å². The number of Topliss-reactive ketones (excluding diaryl/α,β-unsaturated/α-hetero) is 1. The van der Waals surface area contributed by atoms with Gasteiger partial charge in [0.15, 0.2) is 10.9 Å². The number of hydrogen-bond acceptors (Lipinski definition) is 10. The summed E-state index contributed by atoms with van der Waals surface area (Å²) in [5.41, 5.74) is 3.05. The standard InChI is InChI=1S/C45H53N5O6S2/c1-28(2)46-44-48-38(27-57-44)37-23-41(35-19-16-29(3)20-36(35)47-37)56-33-22-39-40(51)25-45(43(53)49-58(54,55)34-17-18-34)24-32(45)15-11-6-4-5-10-14-31(42(52)50(39)26-33)21-30-12-8-7-9-13-30/h7-9,11-13,15-16,19-20,23,27-28,31-34,39H,4-6,10,14,17-18,21-22,24-26H2,1-3H3,(H,46,48)(H,49,53)/b15-11-/t31-,32+,33-,39+,45-/m1/s1. The lowest BCUT2D eigenvalue weighted by Gasteiger charge is -2.29. The van der Waals surface area contributed by atoms with Gasteiger partial charge in [0.25, 0.3) is 0 Å². The number of aromatic nitrogens is 2. The Bertz CT molecular complexity index is 2320. The maximum Gasteiger partial charge on any atom is 0.240 e. The van der Waals surface area contributed by atoms with E-state index < -0.39 is 38.7 Å². The quantitative estimate of drug-likeness (QED) is 0.153. The molecule has 3 fully saturated rings. The number of allylic oxidation sites excluding steroid dienone is 2. The number of rotatable bonds is 10. The van der Waals surface area contributed by atoms with Crippen molar-refractivity contribution in [3.8, 4) is 17.1 Å². The highest BCUT2D eigenvalue weighted by Crippen LogP contribution is 2.57. The second-order valence-electron chi connectivity index (χ2n) is 17.1. The van der Waals surface area contributed by atoms with E-state index in [0.29, 0.717) is 43.5 Å². The lowest BCUT2D eigenvalue weighted by Crippen LogP contribution is -2.46. The Morgan fingerprint density at radius 2 is 1.83 bits per heavy atom. The van der Waals surface area contributed by atoms with Gasteiger partial charge in [-0.1, -0.05) is 61.4 Å². The summed E-state index contributed by atoms with van der Waals surface area (Å²) in [5.74, 6) is -0.961. The number of ketones is 1. The minimum absolute atomic E-state index is 0.0907. The zero-order valence-electron chi connectivity index (χ0n) is 33.5. The Kier molecular flexibility index (Phi) is 11.5. The molecule has 1 saturated heterocycles. The molecule has 2 N–H and O–H groups in total. The molecule has 2 aromatic heterocycles. The molecule has 2 aromatic carbocycles. The first-order valence-corrected chi connectivity index (χ1v) is 23.2. The summed E-state index contributed by atoms with van der Waals surface area (Å²) >= 11 is 1.51. The number of ether oxygens (including phenoxy) is 1. The highest BCUT2D eigenvalue weighted by atomic mass is 32.2. The molecule has 13 heteroatoms. The second-order valence-corrected chi connectivity index (χ2v) is 19.9. The van der Waals surface area contributed by atoms with Gasteiger partial charge < -0.3 is 15.0 Å². The van der Waals surface area contributed by atoms with E-state index in [0.717, 1.165) is 58.5 Å². The first kappa shape index (κ1) is 40.2. The van der Waals surface area contributed by atoms with Gasteiger partial charge in [-0.2, -0.15) is 0 Å². The van der Waals surface area contributed by atoms with Crippen molar-refractivity contribution >= 4 is 55.0 Å². The summed E-state index contributed by atoms with van der Waals surface area (Å²) in [4.78, 5) is 55.0. The Balaban J connectivity index is 1.13. The fourth-order valence-corrected chi connectivity index (χ4v) is 10.9. The van der Waals surface area contributed by atoms with E-state index in [4.69, 9.17) is 14.7 Å². The molecule has 2 saturated carbocycles. The topological polar surface area (TPSA) is 148 Å². The molecule has 5 atom stereocenters. The first-order chi connectivity index (χ1) is 27.9. The van der Waals surface area contributed by atoms with Gasteiger partial charge in [-0.25, -0.2) is 18.4 Å². The number of fused-ring (bicyclic) bond motifs is 3.